The summed E-state index contributed by atoms with van der Waals surface area (Å²) in [5, 5.41) is 14.2. The van der Waals surface area contributed by atoms with Crippen LogP contribution < -0.4 is 10.2 Å². The van der Waals surface area contributed by atoms with Crippen LogP contribution in [0.15, 0.2) is 28.9 Å². The molecule has 0 amide bonds. The second-order valence-electron chi connectivity index (χ2n) is 4.68. The minimum Gasteiger partial charge on any atom is -0.469 e. The van der Waals surface area contributed by atoms with E-state index in [0.717, 1.165) is 11.3 Å². The van der Waals surface area contributed by atoms with Crippen molar-refractivity contribution in [2.24, 2.45) is 0 Å². The number of nitrogens with one attached hydrogen (secondary N) is 1. The number of nitrogens with zero attached hydrogens (tertiary/aromatic N) is 3. The van der Waals surface area contributed by atoms with Gasteiger partial charge in [-0.25, -0.2) is 4.98 Å². The summed E-state index contributed by atoms with van der Waals surface area (Å²) in [6.45, 7) is 5.00. The van der Waals surface area contributed by atoms with Crippen LogP contribution in [0.25, 0.3) is 0 Å². The average molecular weight is 290 g/mol. The SMILES string of the molecule is CCNc1ccc([N+](=O)[O-])c(N(C)Cc2ccoc2C)n1. The Morgan fingerprint density at radius 1 is 1.43 bits per heavy atom. The van der Waals surface area contributed by atoms with Gasteiger partial charge in [-0.2, -0.15) is 0 Å². The Labute approximate surface area is 122 Å². The number of furan rings is 1. The number of hydrogen-bond donors (Lipinski definition) is 1. The zero-order valence-electron chi connectivity index (χ0n) is 12.3. The lowest BCUT2D eigenvalue weighted by Gasteiger charge is -2.18. The van der Waals surface area contributed by atoms with Gasteiger partial charge in [0.05, 0.1) is 11.2 Å². The first-order valence-electron chi connectivity index (χ1n) is 6.66. The Kier molecular flexibility index (Phi) is 4.42. The normalized spacial score (nSPS) is 10.4. The summed E-state index contributed by atoms with van der Waals surface area (Å²) in [4.78, 5) is 16.8. The number of pyridine rings is 1. The highest BCUT2D eigenvalue weighted by molar-refractivity contribution is 5.61. The average Bonchev–Trinajstić information content (AvgIpc) is 2.84. The lowest BCUT2D eigenvalue weighted by Crippen LogP contribution is -2.19. The van der Waals surface area contributed by atoms with Gasteiger partial charge in [0.15, 0.2) is 0 Å². The summed E-state index contributed by atoms with van der Waals surface area (Å²) in [5.41, 5.74) is 0.961. The zero-order valence-corrected chi connectivity index (χ0v) is 12.3. The topological polar surface area (TPSA) is 84.4 Å². The van der Waals surface area contributed by atoms with E-state index in [4.69, 9.17) is 4.42 Å². The molecule has 112 valence electrons. The Hall–Kier alpha value is -2.57. The summed E-state index contributed by atoms with van der Waals surface area (Å²) in [5.74, 6) is 1.75. The number of aromatic nitrogens is 1. The van der Waals surface area contributed by atoms with Crippen LogP contribution in [0, 0.1) is 17.0 Å². The molecule has 2 heterocycles. The summed E-state index contributed by atoms with van der Waals surface area (Å²) < 4.78 is 5.25. The highest BCUT2D eigenvalue weighted by atomic mass is 16.6. The van der Waals surface area contributed by atoms with Crippen molar-refractivity contribution in [3.63, 3.8) is 0 Å². The predicted molar refractivity (Wildman–Crippen MR) is 80.6 cm³/mol. The molecule has 0 spiro atoms. The summed E-state index contributed by atoms with van der Waals surface area (Å²) in [6, 6.07) is 4.94. The third-order valence-electron chi connectivity index (χ3n) is 3.14. The number of nitro groups is 1. The van der Waals surface area contributed by atoms with E-state index in [1.54, 1.807) is 24.3 Å². The van der Waals surface area contributed by atoms with Gasteiger partial charge in [0.2, 0.25) is 5.82 Å². The van der Waals surface area contributed by atoms with Crippen LogP contribution in [0.2, 0.25) is 0 Å². The molecule has 0 aliphatic heterocycles. The van der Waals surface area contributed by atoms with Crippen molar-refractivity contribution in [3.05, 3.63) is 45.9 Å². The molecule has 0 saturated heterocycles. The Balaban J connectivity index is 2.32. The van der Waals surface area contributed by atoms with Gasteiger partial charge in [0.1, 0.15) is 11.6 Å². The van der Waals surface area contributed by atoms with Crippen molar-refractivity contribution in [2.75, 3.05) is 23.8 Å². The lowest BCUT2D eigenvalue weighted by atomic mass is 10.2. The molecule has 0 unspecified atom stereocenters. The number of hydrogen-bond acceptors (Lipinski definition) is 6. The third-order valence-corrected chi connectivity index (χ3v) is 3.14. The van der Waals surface area contributed by atoms with Gasteiger partial charge in [-0.3, -0.25) is 10.1 Å². The van der Waals surface area contributed by atoms with Crippen LogP contribution in [-0.4, -0.2) is 23.5 Å². The smallest absolute Gasteiger partial charge is 0.311 e. The van der Waals surface area contributed by atoms with Crippen LogP contribution in [0.4, 0.5) is 17.3 Å². The third kappa shape index (κ3) is 3.31. The largest absolute Gasteiger partial charge is 0.469 e. The fourth-order valence-electron chi connectivity index (χ4n) is 2.05. The number of rotatable bonds is 6. The van der Waals surface area contributed by atoms with E-state index in [-0.39, 0.29) is 5.69 Å². The first kappa shape index (κ1) is 14.8. The first-order valence-corrected chi connectivity index (χ1v) is 6.66. The highest BCUT2D eigenvalue weighted by Crippen LogP contribution is 2.28. The summed E-state index contributed by atoms with van der Waals surface area (Å²) in [6.07, 6.45) is 1.61. The minimum atomic E-state index is -0.420. The molecule has 0 radical (unpaired) electrons. The van der Waals surface area contributed by atoms with Gasteiger partial charge < -0.3 is 14.6 Å². The molecule has 0 fully saturated rings. The molecule has 2 aromatic rings. The molecule has 0 bridgehead atoms. The lowest BCUT2D eigenvalue weighted by molar-refractivity contribution is -0.384. The second-order valence-corrected chi connectivity index (χ2v) is 4.68. The van der Waals surface area contributed by atoms with Gasteiger partial charge in [-0.1, -0.05) is 0 Å². The second kappa shape index (κ2) is 6.25. The van der Waals surface area contributed by atoms with E-state index in [2.05, 4.69) is 10.3 Å². The Bertz CT molecular complexity index is 639. The number of anilines is 2. The van der Waals surface area contributed by atoms with Crippen molar-refractivity contribution >= 4 is 17.3 Å². The predicted octanol–water partition coefficient (Wildman–Crippen LogP) is 2.96. The van der Waals surface area contributed by atoms with Gasteiger partial charge >= 0.3 is 5.69 Å². The molecule has 21 heavy (non-hydrogen) atoms. The maximum Gasteiger partial charge on any atom is 0.311 e. The van der Waals surface area contributed by atoms with E-state index in [0.29, 0.717) is 24.7 Å². The van der Waals surface area contributed by atoms with Crippen molar-refractivity contribution in [2.45, 2.75) is 20.4 Å². The van der Waals surface area contributed by atoms with E-state index in [9.17, 15) is 10.1 Å². The van der Waals surface area contributed by atoms with Gasteiger partial charge in [0, 0.05) is 31.8 Å². The monoisotopic (exact) mass is 290 g/mol. The van der Waals surface area contributed by atoms with Crippen molar-refractivity contribution in [3.8, 4) is 0 Å². The number of aryl methyl sites for hydroxylation is 1. The van der Waals surface area contributed by atoms with Gasteiger partial charge in [0.25, 0.3) is 0 Å². The van der Waals surface area contributed by atoms with E-state index in [1.807, 2.05) is 19.9 Å². The van der Waals surface area contributed by atoms with Gasteiger partial charge in [-0.05, 0) is 26.0 Å². The molecule has 7 nitrogen and oxygen atoms in total. The molecule has 0 aromatic carbocycles. The summed E-state index contributed by atoms with van der Waals surface area (Å²) >= 11 is 0. The van der Waals surface area contributed by atoms with Crippen LogP contribution in [0.5, 0.6) is 0 Å². The molecule has 0 aliphatic carbocycles. The Morgan fingerprint density at radius 2 is 2.19 bits per heavy atom. The Morgan fingerprint density at radius 3 is 2.76 bits per heavy atom. The van der Waals surface area contributed by atoms with Crippen LogP contribution in [-0.2, 0) is 6.54 Å². The van der Waals surface area contributed by atoms with Crippen molar-refractivity contribution < 1.29 is 9.34 Å². The molecular weight excluding hydrogens is 272 g/mol. The van der Waals surface area contributed by atoms with E-state index in [1.165, 1.54) is 6.07 Å². The zero-order chi connectivity index (χ0) is 15.4. The van der Waals surface area contributed by atoms with Crippen molar-refractivity contribution in [1.82, 2.24) is 4.98 Å². The van der Waals surface area contributed by atoms with Crippen molar-refractivity contribution in [1.29, 1.82) is 0 Å². The van der Waals surface area contributed by atoms with Crippen LogP contribution >= 0.6 is 0 Å². The van der Waals surface area contributed by atoms with Crippen LogP contribution in [0.1, 0.15) is 18.2 Å². The fraction of sp³-hybridized carbons (Fsp3) is 0.357. The standard InChI is InChI=1S/C14H18N4O3/c1-4-15-13-6-5-12(18(19)20)14(16-13)17(3)9-11-7-8-21-10(11)2/h5-8H,4,9H2,1-3H3,(H,15,16). The molecule has 0 atom stereocenters. The van der Waals surface area contributed by atoms with E-state index < -0.39 is 4.92 Å². The van der Waals surface area contributed by atoms with E-state index >= 15 is 0 Å². The molecule has 0 aliphatic rings. The quantitative estimate of drug-likeness (QED) is 0.650. The molecular formula is C14H18N4O3. The van der Waals surface area contributed by atoms with Crippen LogP contribution in [0.3, 0.4) is 0 Å². The summed E-state index contributed by atoms with van der Waals surface area (Å²) in [7, 11) is 1.78. The fourth-order valence-corrected chi connectivity index (χ4v) is 2.05. The molecule has 1 N–H and O–H groups in total. The highest BCUT2D eigenvalue weighted by Gasteiger charge is 2.20. The molecule has 7 heteroatoms. The first-order chi connectivity index (χ1) is 10.0. The van der Waals surface area contributed by atoms with Gasteiger partial charge in [-0.15, -0.1) is 0 Å². The minimum absolute atomic E-state index is 0.0136. The molecule has 0 saturated carbocycles. The molecule has 2 aromatic heterocycles. The maximum absolute atomic E-state index is 11.2. The molecule has 2 rings (SSSR count). The maximum atomic E-state index is 11.2.